The van der Waals surface area contributed by atoms with E-state index in [2.05, 4.69) is 15.6 Å². The van der Waals surface area contributed by atoms with Gasteiger partial charge in [0.25, 0.3) is 0 Å². The van der Waals surface area contributed by atoms with Crippen molar-refractivity contribution in [1.29, 1.82) is 0 Å². The summed E-state index contributed by atoms with van der Waals surface area (Å²) < 4.78 is 1.87. The molecule has 0 bridgehead atoms. The summed E-state index contributed by atoms with van der Waals surface area (Å²) in [5.41, 5.74) is 7.23. The molecule has 1 heterocycles. The fourth-order valence-electron chi connectivity index (χ4n) is 2.55. The summed E-state index contributed by atoms with van der Waals surface area (Å²) in [7, 11) is 0. The highest BCUT2D eigenvalue weighted by atomic mass is 16.4. The van der Waals surface area contributed by atoms with Gasteiger partial charge in [0.15, 0.2) is 0 Å². The van der Waals surface area contributed by atoms with Crippen molar-refractivity contribution < 1.29 is 9.90 Å². The Kier molecular flexibility index (Phi) is 4.61. The minimum atomic E-state index is -1.22. The normalized spacial score (nSPS) is 11.0. The van der Waals surface area contributed by atoms with Crippen LogP contribution in [0.5, 0.6) is 0 Å². The van der Waals surface area contributed by atoms with Gasteiger partial charge >= 0.3 is 0 Å². The molecule has 25 heavy (non-hydrogen) atoms. The SMILES string of the molecule is Cc1nn(-c2ccccc2)c(C)c1/C=N\Nc1cccc(C(=O)[O-])c1. The summed E-state index contributed by atoms with van der Waals surface area (Å²) in [6.07, 6.45) is 1.68. The second-order valence-corrected chi connectivity index (χ2v) is 5.57. The van der Waals surface area contributed by atoms with Crippen LogP contribution in [0.1, 0.15) is 27.3 Å². The molecular weight excluding hydrogens is 316 g/mol. The quantitative estimate of drug-likeness (QED) is 0.574. The third-order valence-corrected chi connectivity index (χ3v) is 3.83. The molecule has 0 radical (unpaired) electrons. The van der Waals surface area contributed by atoms with Crippen LogP contribution in [0.2, 0.25) is 0 Å². The van der Waals surface area contributed by atoms with E-state index in [4.69, 9.17) is 0 Å². The number of hydrazone groups is 1. The number of nitrogens with one attached hydrogen (secondary N) is 1. The van der Waals surface area contributed by atoms with Crippen molar-refractivity contribution in [2.24, 2.45) is 5.10 Å². The number of carbonyl (C=O) groups is 1. The van der Waals surface area contributed by atoms with Gasteiger partial charge in [0.1, 0.15) is 0 Å². The molecule has 0 aliphatic rings. The minimum absolute atomic E-state index is 0.101. The van der Waals surface area contributed by atoms with Gasteiger partial charge in [-0.1, -0.05) is 30.3 Å². The molecule has 126 valence electrons. The zero-order valence-electron chi connectivity index (χ0n) is 13.9. The van der Waals surface area contributed by atoms with Gasteiger partial charge in [-0.15, -0.1) is 0 Å². The Labute approximate surface area is 145 Å². The van der Waals surface area contributed by atoms with E-state index in [9.17, 15) is 9.90 Å². The molecule has 0 unspecified atom stereocenters. The number of carbonyl (C=O) groups excluding carboxylic acids is 1. The number of aryl methyl sites for hydroxylation is 1. The average molecular weight is 333 g/mol. The third kappa shape index (κ3) is 3.58. The first kappa shape index (κ1) is 16.4. The number of aromatic carboxylic acids is 1. The maximum absolute atomic E-state index is 10.9. The molecule has 1 N–H and O–H groups in total. The summed E-state index contributed by atoms with van der Waals surface area (Å²) in [6, 6.07) is 16.2. The first-order valence-electron chi connectivity index (χ1n) is 7.78. The van der Waals surface area contributed by atoms with Crippen LogP contribution in [0.4, 0.5) is 5.69 Å². The summed E-state index contributed by atoms with van der Waals surface area (Å²) in [6.45, 7) is 3.90. The Hall–Kier alpha value is -3.41. The standard InChI is InChI=1S/C19H18N4O2/c1-13-18(14(2)23(22-13)17-9-4-3-5-10-17)12-20-21-16-8-6-7-15(11-16)19(24)25/h3-12,21H,1-2H3,(H,24,25)/p-1/b20-12-. The first-order chi connectivity index (χ1) is 12.1. The zero-order valence-corrected chi connectivity index (χ0v) is 13.9. The van der Waals surface area contributed by atoms with Crippen molar-refractivity contribution in [3.05, 3.63) is 77.1 Å². The number of para-hydroxylation sites is 1. The third-order valence-electron chi connectivity index (χ3n) is 3.83. The Morgan fingerprint density at radius 3 is 2.64 bits per heavy atom. The van der Waals surface area contributed by atoms with Crippen molar-refractivity contribution in [2.45, 2.75) is 13.8 Å². The lowest BCUT2D eigenvalue weighted by atomic mass is 10.2. The number of hydrogen-bond acceptors (Lipinski definition) is 5. The summed E-state index contributed by atoms with van der Waals surface area (Å²) in [5, 5.41) is 19.6. The molecule has 0 saturated heterocycles. The van der Waals surface area contributed by atoms with E-state index in [1.54, 1.807) is 18.3 Å². The van der Waals surface area contributed by atoms with Crippen LogP contribution in [-0.4, -0.2) is 22.0 Å². The van der Waals surface area contributed by atoms with Gasteiger partial charge in [0.2, 0.25) is 0 Å². The summed E-state index contributed by atoms with van der Waals surface area (Å²) >= 11 is 0. The number of nitrogens with zero attached hydrogens (tertiary/aromatic N) is 3. The molecule has 0 aliphatic carbocycles. The highest BCUT2D eigenvalue weighted by Gasteiger charge is 2.10. The Morgan fingerprint density at radius 2 is 1.92 bits per heavy atom. The molecular formula is C19H17N4O2-. The number of anilines is 1. The first-order valence-corrected chi connectivity index (χ1v) is 7.78. The fourth-order valence-corrected chi connectivity index (χ4v) is 2.55. The van der Waals surface area contributed by atoms with Crippen LogP contribution in [0.3, 0.4) is 0 Å². The molecule has 0 saturated carbocycles. The molecule has 2 aromatic carbocycles. The topological polar surface area (TPSA) is 82.3 Å². The predicted molar refractivity (Wildman–Crippen MR) is 95.0 cm³/mol. The molecule has 6 heteroatoms. The van der Waals surface area contributed by atoms with Crippen LogP contribution in [-0.2, 0) is 0 Å². The lowest BCUT2D eigenvalue weighted by Gasteiger charge is -2.05. The molecule has 3 rings (SSSR count). The van der Waals surface area contributed by atoms with E-state index in [0.29, 0.717) is 5.69 Å². The van der Waals surface area contributed by atoms with Gasteiger partial charge < -0.3 is 9.90 Å². The van der Waals surface area contributed by atoms with Crippen LogP contribution in [0.15, 0.2) is 59.7 Å². The van der Waals surface area contributed by atoms with E-state index >= 15 is 0 Å². The molecule has 0 spiro atoms. The highest BCUT2D eigenvalue weighted by molar-refractivity contribution is 5.87. The summed E-state index contributed by atoms with van der Waals surface area (Å²) in [5.74, 6) is -1.22. The number of carboxylic acid groups (broad SMARTS) is 1. The number of hydrogen-bond donors (Lipinski definition) is 1. The number of rotatable bonds is 5. The monoisotopic (exact) mass is 333 g/mol. The molecule has 0 amide bonds. The van der Waals surface area contributed by atoms with E-state index in [-0.39, 0.29) is 5.56 Å². The largest absolute Gasteiger partial charge is 0.545 e. The Morgan fingerprint density at radius 1 is 1.16 bits per heavy atom. The molecule has 0 fully saturated rings. The lowest BCUT2D eigenvalue weighted by molar-refractivity contribution is -0.255. The maximum atomic E-state index is 10.9. The van der Waals surface area contributed by atoms with E-state index < -0.39 is 5.97 Å². The fraction of sp³-hybridized carbons (Fsp3) is 0.105. The minimum Gasteiger partial charge on any atom is -0.545 e. The van der Waals surface area contributed by atoms with Crippen LogP contribution >= 0.6 is 0 Å². The van der Waals surface area contributed by atoms with Gasteiger partial charge in [0, 0.05) is 5.56 Å². The van der Waals surface area contributed by atoms with Crippen LogP contribution in [0, 0.1) is 13.8 Å². The number of carboxylic acids is 1. The predicted octanol–water partition coefficient (Wildman–Crippen LogP) is 2.30. The van der Waals surface area contributed by atoms with Gasteiger partial charge in [0.05, 0.1) is 34.9 Å². The molecule has 1 aromatic heterocycles. The number of aromatic nitrogens is 2. The molecule has 6 nitrogen and oxygen atoms in total. The van der Waals surface area contributed by atoms with Gasteiger partial charge in [-0.25, -0.2) is 4.68 Å². The Balaban J connectivity index is 1.82. The van der Waals surface area contributed by atoms with Crippen molar-refractivity contribution >= 4 is 17.9 Å². The second-order valence-electron chi connectivity index (χ2n) is 5.57. The average Bonchev–Trinajstić information content (AvgIpc) is 2.91. The summed E-state index contributed by atoms with van der Waals surface area (Å²) in [4.78, 5) is 10.9. The highest BCUT2D eigenvalue weighted by Crippen LogP contribution is 2.16. The Bertz CT molecular complexity index is 930. The van der Waals surface area contributed by atoms with Crippen LogP contribution < -0.4 is 10.5 Å². The van der Waals surface area contributed by atoms with Crippen molar-refractivity contribution in [1.82, 2.24) is 9.78 Å². The van der Waals surface area contributed by atoms with E-state index in [0.717, 1.165) is 22.6 Å². The van der Waals surface area contributed by atoms with Crippen molar-refractivity contribution in [3.8, 4) is 5.69 Å². The smallest absolute Gasteiger partial charge is 0.0716 e. The molecule has 0 aliphatic heterocycles. The molecule has 3 aromatic rings. The lowest BCUT2D eigenvalue weighted by Crippen LogP contribution is -2.22. The van der Waals surface area contributed by atoms with Crippen molar-refractivity contribution in [2.75, 3.05) is 5.43 Å². The molecule has 0 atom stereocenters. The van der Waals surface area contributed by atoms with Gasteiger partial charge in [-0.05, 0) is 43.7 Å². The maximum Gasteiger partial charge on any atom is 0.0716 e. The van der Waals surface area contributed by atoms with E-state index in [1.165, 1.54) is 12.1 Å². The van der Waals surface area contributed by atoms with Gasteiger partial charge in [-0.3, -0.25) is 5.43 Å². The second kappa shape index (κ2) is 7.00. The number of benzene rings is 2. The van der Waals surface area contributed by atoms with Crippen molar-refractivity contribution in [3.63, 3.8) is 0 Å². The zero-order chi connectivity index (χ0) is 17.8. The van der Waals surface area contributed by atoms with Crippen LogP contribution in [0.25, 0.3) is 5.69 Å². The van der Waals surface area contributed by atoms with E-state index in [1.807, 2.05) is 48.9 Å². The van der Waals surface area contributed by atoms with Gasteiger partial charge in [-0.2, -0.15) is 10.2 Å².